The Morgan fingerprint density at radius 2 is 2.24 bits per heavy atom. The van der Waals surface area contributed by atoms with Crippen molar-refractivity contribution in [3.05, 3.63) is 17.5 Å². The zero-order chi connectivity index (χ0) is 12.7. The van der Waals surface area contributed by atoms with E-state index >= 15 is 0 Å². The number of hydrogen-bond acceptors (Lipinski definition) is 6. The summed E-state index contributed by atoms with van der Waals surface area (Å²) in [5, 5.41) is 11.4. The SMILES string of the molecule is CCOCCOc1nc(C)cc(/C(N)=N/O)n1. The smallest absolute Gasteiger partial charge is 0.317 e. The predicted molar refractivity (Wildman–Crippen MR) is 61.3 cm³/mol. The highest BCUT2D eigenvalue weighted by Gasteiger charge is 2.06. The normalized spacial score (nSPS) is 11.5. The van der Waals surface area contributed by atoms with Crippen LogP contribution in [0.3, 0.4) is 0 Å². The van der Waals surface area contributed by atoms with Crippen LogP contribution in [0.25, 0.3) is 0 Å². The molecule has 1 aromatic heterocycles. The van der Waals surface area contributed by atoms with E-state index in [1.165, 1.54) is 0 Å². The third-order valence-electron chi connectivity index (χ3n) is 1.87. The van der Waals surface area contributed by atoms with Gasteiger partial charge in [0.1, 0.15) is 12.3 Å². The molecule has 0 aliphatic carbocycles. The molecule has 0 aliphatic heterocycles. The Labute approximate surface area is 99.3 Å². The third-order valence-corrected chi connectivity index (χ3v) is 1.87. The highest BCUT2D eigenvalue weighted by atomic mass is 16.5. The number of hydrogen-bond donors (Lipinski definition) is 2. The van der Waals surface area contributed by atoms with E-state index in [0.29, 0.717) is 31.2 Å². The van der Waals surface area contributed by atoms with Gasteiger partial charge in [-0.25, -0.2) is 4.98 Å². The molecule has 3 N–H and O–H groups in total. The Morgan fingerprint density at radius 1 is 1.47 bits per heavy atom. The number of amidine groups is 1. The minimum atomic E-state index is -0.0786. The fraction of sp³-hybridized carbons (Fsp3) is 0.500. The van der Waals surface area contributed by atoms with Gasteiger partial charge in [0.2, 0.25) is 0 Å². The lowest BCUT2D eigenvalue weighted by molar-refractivity contribution is 0.106. The molecule has 0 fully saturated rings. The van der Waals surface area contributed by atoms with Crippen molar-refractivity contribution < 1.29 is 14.7 Å². The van der Waals surface area contributed by atoms with Crippen molar-refractivity contribution in [2.45, 2.75) is 13.8 Å². The van der Waals surface area contributed by atoms with Gasteiger partial charge in [0.15, 0.2) is 5.84 Å². The molecule has 0 unspecified atom stereocenters. The van der Waals surface area contributed by atoms with E-state index < -0.39 is 0 Å². The number of rotatable bonds is 6. The quantitative estimate of drug-likeness (QED) is 0.243. The summed E-state index contributed by atoms with van der Waals surface area (Å²) in [5.74, 6) is -0.0786. The van der Waals surface area contributed by atoms with Crippen molar-refractivity contribution in [1.82, 2.24) is 9.97 Å². The molecule has 94 valence electrons. The summed E-state index contributed by atoms with van der Waals surface area (Å²) < 4.78 is 10.4. The van der Waals surface area contributed by atoms with Crippen LogP contribution in [-0.4, -0.2) is 40.8 Å². The molecule has 1 heterocycles. The maximum atomic E-state index is 8.56. The van der Waals surface area contributed by atoms with Crippen molar-refractivity contribution in [1.29, 1.82) is 0 Å². The molecule has 0 aromatic carbocycles. The van der Waals surface area contributed by atoms with Crippen LogP contribution in [0.15, 0.2) is 11.2 Å². The van der Waals surface area contributed by atoms with Gasteiger partial charge in [-0.05, 0) is 19.9 Å². The third kappa shape index (κ3) is 4.23. The summed E-state index contributed by atoms with van der Waals surface area (Å²) in [6.45, 7) is 5.12. The van der Waals surface area contributed by atoms with Crippen LogP contribution in [0.1, 0.15) is 18.3 Å². The van der Waals surface area contributed by atoms with Crippen molar-refractivity contribution in [3.63, 3.8) is 0 Å². The molecule has 0 bridgehead atoms. The first kappa shape index (κ1) is 13.2. The monoisotopic (exact) mass is 240 g/mol. The standard InChI is InChI=1S/C10H16N4O3/c1-3-16-4-5-17-10-12-7(2)6-8(13-10)9(11)14-15/h6,15H,3-5H2,1-2H3,(H2,11,14). The van der Waals surface area contributed by atoms with Crippen LogP contribution in [0.2, 0.25) is 0 Å². The highest BCUT2D eigenvalue weighted by molar-refractivity contribution is 5.95. The number of nitrogens with two attached hydrogens (primary N) is 1. The number of aryl methyl sites for hydroxylation is 1. The van der Waals surface area contributed by atoms with Gasteiger partial charge in [-0.2, -0.15) is 4.98 Å². The largest absolute Gasteiger partial charge is 0.461 e. The molecule has 0 spiro atoms. The van der Waals surface area contributed by atoms with Gasteiger partial charge < -0.3 is 20.4 Å². The van der Waals surface area contributed by atoms with E-state index in [1.54, 1.807) is 13.0 Å². The number of ether oxygens (including phenoxy) is 2. The van der Waals surface area contributed by atoms with Crippen LogP contribution in [0, 0.1) is 6.92 Å². The first-order valence-electron chi connectivity index (χ1n) is 5.21. The lowest BCUT2D eigenvalue weighted by Crippen LogP contribution is -2.17. The minimum Gasteiger partial charge on any atom is -0.461 e. The van der Waals surface area contributed by atoms with Gasteiger partial charge in [-0.3, -0.25) is 0 Å². The van der Waals surface area contributed by atoms with Gasteiger partial charge in [0.25, 0.3) is 0 Å². The molecule has 0 saturated heterocycles. The van der Waals surface area contributed by atoms with E-state index in [-0.39, 0.29) is 11.8 Å². The van der Waals surface area contributed by atoms with Gasteiger partial charge in [0, 0.05) is 12.3 Å². The van der Waals surface area contributed by atoms with E-state index in [9.17, 15) is 0 Å². The van der Waals surface area contributed by atoms with Crippen molar-refractivity contribution >= 4 is 5.84 Å². The summed E-state index contributed by atoms with van der Waals surface area (Å²) in [6, 6.07) is 1.79. The highest BCUT2D eigenvalue weighted by Crippen LogP contribution is 2.06. The summed E-state index contributed by atoms with van der Waals surface area (Å²) in [6.07, 6.45) is 0. The lowest BCUT2D eigenvalue weighted by Gasteiger charge is -2.06. The molecule has 7 heteroatoms. The molecule has 7 nitrogen and oxygen atoms in total. The maximum Gasteiger partial charge on any atom is 0.317 e. The van der Waals surface area contributed by atoms with Crippen LogP contribution >= 0.6 is 0 Å². The van der Waals surface area contributed by atoms with Gasteiger partial charge in [-0.1, -0.05) is 5.16 Å². The fourth-order valence-corrected chi connectivity index (χ4v) is 1.12. The van der Waals surface area contributed by atoms with E-state index in [4.69, 9.17) is 20.4 Å². The Bertz CT molecular complexity index is 395. The van der Waals surface area contributed by atoms with Gasteiger partial charge >= 0.3 is 6.01 Å². The average molecular weight is 240 g/mol. The number of aromatic nitrogens is 2. The van der Waals surface area contributed by atoms with Crippen LogP contribution in [0.5, 0.6) is 6.01 Å². The molecule has 17 heavy (non-hydrogen) atoms. The van der Waals surface area contributed by atoms with Crippen molar-refractivity contribution in [2.24, 2.45) is 10.9 Å². The Morgan fingerprint density at radius 3 is 2.88 bits per heavy atom. The lowest BCUT2D eigenvalue weighted by atomic mass is 10.3. The van der Waals surface area contributed by atoms with Crippen LogP contribution in [-0.2, 0) is 4.74 Å². The first-order chi connectivity index (χ1) is 8.17. The molecule has 0 saturated carbocycles. The van der Waals surface area contributed by atoms with E-state index in [2.05, 4.69) is 15.1 Å². The Balaban J connectivity index is 2.69. The van der Waals surface area contributed by atoms with Crippen molar-refractivity contribution in [3.8, 4) is 6.01 Å². The molecule has 1 aromatic rings. The zero-order valence-electron chi connectivity index (χ0n) is 9.88. The molecule has 0 radical (unpaired) electrons. The maximum absolute atomic E-state index is 8.56. The van der Waals surface area contributed by atoms with Crippen molar-refractivity contribution in [2.75, 3.05) is 19.8 Å². The Kier molecular flexibility index (Phi) is 5.15. The second kappa shape index (κ2) is 6.64. The van der Waals surface area contributed by atoms with Gasteiger partial charge in [0.05, 0.1) is 6.61 Å². The van der Waals surface area contributed by atoms with E-state index in [1.807, 2.05) is 6.92 Å². The van der Waals surface area contributed by atoms with Gasteiger partial charge in [-0.15, -0.1) is 0 Å². The average Bonchev–Trinajstić information content (AvgIpc) is 2.33. The molecule has 0 atom stereocenters. The fourth-order valence-electron chi connectivity index (χ4n) is 1.12. The zero-order valence-corrected chi connectivity index (χ0v) is 9.88. The topological polar surface area (TPSA) is 103 Å². The minimum absolute atomic E-state index is 0.0786. The Hall–Kier alpha value is -1.89. The summed E-state index contributed by atoms with van der Waals surface area (Å²) in [5.41, 5.74) is 6.44. The molecule has 0 amide bonds. The second-order valence-corrected chi connectivity index (χ2v) is 3.21. The summed E-state index contributed by atoms with van der Waals surface area (Å²) >= 11 is 0. The number of nitrogens with zero attached hydrogens (tertiary/aromatic N) is 3. The predicted octanol–water partition coefficient (Wildman–Crippen LogP) is 0.295. The molecule has 0 aliphatic rings. The molecular weight excluding hydrogens is 224 g/mol. The second-order valence-electron chi connectivity index (χ2n) is 3.21. The molecular formula is C10H16N4O3. The van der Waals surface area contributed by atoms with E-state index in [0.717, 1.165) is 0 Å². The number of oxime groups is 1. The molecule has 1 rings (SSSR count). The van der Waals surface area contributed by atoms with Crippen LogP contribution in [0.4, 0.5) is 0 Å². The summed E-state index contributed by atoms with van der Waals surface area (Å²) in [4.78, 5) is 8.06. The summed E-state index contributed by atoms with van der Waals surface area (Å²) in [7, 11) is 0. The first-order valence-corrected chi connectivity index (χ1v) is 5.21. The van der Waals surface area contributed by atoms with Crippen LogP contribution < -0.4 is 10.5 Å².